The van der Waals surface area contributed by atoms with Gasteiger partial charge in [0.15, 0.2) is 0 Å². The molecule has 0 heterocycles. The standard InChI is InChI=1S/C31H34F2/c1-3-5-7-10-24-14-16-25(17-15-24)11-8-9-13-27-19-21-29(23-31(27)33)28-20-18-26(12-6-4-2)30(32)22-28/h3-5,14-23H,2,6-13H2,1H3/b5-3+. The Bertz CT molecular complexity index is 1060. The van der Waals surface area contributed by atoms with E-state index in [0.29, 0.717) is 29.5 Å². The molecular weight excluding hydrogens is 410 g/mol. The molecule has 0 unspecified atom stereocenters. The van der Waals surface area contributed by atoms with Crippen molar-refractivity contribution in [3.63, 3.8) is 0 Å². The number of benzene rings is 3. The van der Waals surface area contributed by atoms with Crippen LogP contribution in [0.4, 0.5) is 8.78 Å². The molecule has 172 valence electrons. The second-order valence-corrected chi connectivity index (χ2v) is 8.57. The van der Waals surface area contributed by atoms with Gasteiger partial charge in [-0.3, -0.25) is 0 Å². The molecule has 0 saturated carbocycles. The summed E-state index contributed by atoms with van der Waals surface area (Å²) >= 11 is 0. The van der Waals surface area contributed by atoms with Gasteiger partial charge in [0.1, 0.15) is 11.6 Å². The first-order valence-electron chi connectivity index (χ1n) is 12.0. The zero-order valence-electron chi connectivity index (χ0n) is 19.6. The van der Waals surface area contributed by atoms with E-state index in [0.717, 1.165) is 44.1 Å². The van der Waals surface area contributed by atoms with E-state index in [9.17, 15) is 8.78 Å². The summed E-state index contributed by atoms with van der Waals surface area (Å²) in [6.45, 7) is 5.73. The molecule has 2 heteroatoms. The summed E-state index contributed by atoms with van der Waals surface area (Å²) in [5.41, 5.74) is 5.50. The second kappa shape index (κ2) is 12.9. The van der Waals surface area contributed by atoms with Crippen molar-refractivity contribution < 1.29 is 8.78 Å². The molecule has 0 atom stereocenters. The van der Waals surface area contributed by atoms with E-state index in [1.165, 1.54) is 23.3 Å². The highest BCUT2D eigenvalue weighted by molar-refractivity contribution is 5.64. The van der Waals surface area contributed by atoms with Gasteiger partial charge >= 0.3 is 0 Å². The lowest BCUT2D eigenvalue weighted by Gasteiger charge is -2.09. The lowest BCUT2D eigenvalue weighted by Crippen LogP contribution is -1.95. The van der Waals surface area contributed by atoms with Gasteiger partial charge in [0.25, 0.3) is 0 Å². The molecule has 0 bridgehead atoms. The number of allylic oxidation sites excluding steroid dienone is 3. The predicted octanol–water partition coefficient (Wildman–Crippen LogP) is 8.82. The molecule has 0 aromatic heterocycles. The number of hydrogen-bond acceptors (Lipinski definition) is 0. The summed E-state index contributed by atoms with van der Waals surface area (Å²) in [7, 11) is 0. The van der Waals surface area contributed by atoms with Crippen molar-refractivity contribution in [2.24, 2.45) is 0 Å². The van der Waals surface area contributed by atoms with Crippen LogP contribution in [-0.4, -0.2) is 0 Å². The molecule has 0 fully saturated rings. The maximum atomic E-state index is 14.7. The number of halogens is 2. The molecule has 33 heavy (non-hydrogen) atoms. The summed E-state index contributed by atoms with van der Waals surface area (Å²) in [5, 5.41) is 0. The highest BCUT2D eigenvalue weighted by atomic mass is 19.1. The van der Waals surface area contributed by atoms with Crippen molar-refractivity contribution >= 4 is 0 Å². The lowest BCUT2D eigenvalue weighted by atomic mass is 9.98. The van der Waals surface area contributed by atoms with Crippen LogP contribution in [0.1, 0.15) is 54.9 Å². The third-order valence-corrected chi connectivity index (χ3v) is 6.08. The monoisotopic (exact) mass is 444 g/mol. The Labute approximate surface area is 197 Å². The molecule has 0 aliphatic carbocycles. The van der Waals surface area contributed by atoms with Gasteiger partial charge in [-0.05, 0) is 104 Å². The molecule has 0 spiro atoms. The van der Waals surface area contributed by atoms with E-state index >= 15 is 0 Å². The van der Waals surface area contributed by atoms with Crippen molar-refractivity contribution in [2.45, 2.75) is 58.3 Å². The largest absolute Gasteiger partial charge is 0.207 e. The van der Waals surface area contributed by atoms with Gasteiger partial charge in [-0.2, -0.15) is 0 Å². The maximum Gasteiger partial charge on any atom is 0.127 e. The molecule has 0 amide bonds. The summed E-state index contributed by atoms with van der Waals surface area (Å²) in [5.74, 6) is -0.459. The fourth-order valence-electron chi connectivity index (χ4n) is 4.05. The van der Waals surface area contributed by atoms with E-state index in [4.69, 9.17) is 0 Å². The van der Waals surface area contributed by atoms with Gasteiger partial charge < -0.3 is 0 Å². The van der Waals surface area contributed by atoms with Crippen LogP contribution in [-0.2, 0) is 25.7 Å². The Balaban J connectivity index is 1.50. The van der Waals surface area contributed by atoms with Crippen molar-refractivity contribution in [3.8, 4) is 11.1 Å². The minimum atomic E-state index is -0.246. The first-order chi connectivity index (χ1) is 16.1. The molecule has 3 aromatic rings. The topological polar surface area (TPSA) is 0 Å². The maximum absolute atomic E-state index is 14.7. The van der Waals surface area contributed by atoms with Crippen LogP contribution in [0.3, 0.4) is 0 Å². The third kappa shape index (κ3) is 7.53. The minimum Gasteiger partial charge on any atom is -0.207 e. The van der Waals surface area contributed by atoms with Crippen LogP contribution in [0.2, 0.25) is 0 Å². The van der Waals surface area contributed by atoms with Crippen LogP contribution in [0.5, 0.6) is 0 Å². The lowest BCUT2D eigenvalue weighted by molar-refractivity contribution is 0.600. The first kappa shape index (κ1) is 24.6. The SMILES string of the molecule is C=CCCc1ccc(-c2ccc(CCCCc3ccc(CC/C=C/C)cc3)c(F)c2)cc1F. The smallest absolute Gasteiger partial charge is 0.127 e. The summed E-state index contributed by atoms with van der Waals surface area (Å²) in [6, 6.07) is 19.3. The molecule has 0 aliphatic rings. The normalized spacial score (nSPS) is 11.2. The van der Waals surface area contributed by atoms with Crippen LogP contribution < -0.4 is 0 Å². The van der Waals surface area contributed by atoms with E-state index in [2.05, 4.69) is 49.9 Å². The highest BCUT2D eigenvalue weighted by Crippen LogP contribution is 2.25. The Morgan fingerprint density at radius 3 is 1.76 bits per heavy atom. The van der Waals surface area contributed by atoms with Crippen molar-refractivity contribution in [1.29, 1.82) is 0 Å². The Morgan fingerprint density at radius 1 is 0.667 bits per heavy atom. The fourth-order valence-corrected chi connectivity index (χ4v) is 4.05. The van der Waals surface area contributed by atoms with Crippen molar-refractivity contribution in [2.75, 3.05) is 0 Å². The molecular formula is C31H34F2. The van der Waals surface area contributed by atoms with Gasteiger partial charge in [0.2, 0.25) is 0 Å². The summed E-state index contributed by atoms with van der Waals surface area (Å²) in [4.78, 5) is 0. The van der Waals surface area contributed by atoms with Gasteiger partial charge in [-0.25, -0.2) is 8.78 Å². The van der Waals surface area contributed by atoms with Crippen LogP contribution >= 0.6 is 0 Å². The zero-order chi connectivity index (χ0) is 23.5. The molecule has 0 saturated heterocycles. The average molecular weight is 445 g/mol. The highest BCUT2D eigenvalue weighted by Gasteiger charge is 2.08. The molecule has 0 N–H and O–H groups in total. The van der Waals surface area contributed by atoms with Gasteiger partial charge in [0.05, 0.1) is 0 Å². The van der Waals surface area contributed by atoms with Gasteiger partial charge in [-0.15, -0.1) is 6.58 Å². The second-order valence-electron chi connectivity index (χ2n) is 8.57. The quantitative estimate of drug-likeness (QED) is 0.193. The van der Waals surface area contributed by atoms with Gasteiger partial charge in [0, 0.05) is 0 Å². The Hall–Kier alpha value is -3.00. The number of unbranched alkanes of at least 4 members (excludes halogenated alkanes) is 1. The van der Waals surface area contributed by atoms with Crippen LogP contribution in [0.15, 0.2) is 85.5 Å². The average Bonchev–Trinajstić information content (AvgIpc) is 2.83. The number of aryl methyl sites for hydroxylation is 4. The fraction of sp³-hybridized carbons (Fsp3) is 0.290. The van der Waals surface area contributed by atoms with Crippen LogP contribution in [0.25, 0.3) is 11.1 Å². The Morgan fingerprint density at radius 2 is 1.21 bits per heavy atom. The predicted molar refractivity (Wildman–Crippen MR) is 137 cm³/mol. The van der Waals surface area contributed by atoms with Crippen molar-refractivity contribution in [1.82, 2.24) is 0 Å². The third-order valence-electron chi connectivity index (χ3n) is 6.08. The van der Waals surface area contributed by atoms with E-state index < -0.39 is 0 Å². The molecule has 3 rings (SSSR count). The van der Waals surface area contributed by atoms with E-state index in [1.54, 1.807) is 12.1 Å². The first-order valence-corrected chi connectivity index (χ1v) is 12.0. The molecule has 0 radical (unpaired) electrons. The van der Waals surface area contributed by atoms with E-state index in [-0.39, 0.29) is 11.6 Å². The summed E-state index contributed by atoms with van der Waals surface area (Å²) < 4.78 is 29.0. The molecule has 0 aliphatic heterocycles. The Kier molecular flexibility index (Phi) is 9.62. The van der Waals surface area contributed by atoms with Gasteiger partial charge in [-0.1, -0.05) is 66.8 Å². The molecule has 0 nitrogen and oxygen atoms in total. The van der Waals surface area contributed by atoms with E-state index in [1.807, 2.05) is 18.2 Å². The minimum absolute atomic E-state index is 0.214. The number of hydrogen-bond donors (Lipinski definition) is 0. The zero-order valence-corrected chi connectivity index (χ0v) is 19.6. The number of rotatable bonds is 12. The van der Waals surface area contributed by atoms with Crippen molar-refractivity contribution in [3.05, 3.63) is 119 Å². The molecule has 3 aromatic carbocycles. The van der Waals surface area contributed by atoms with Crippen LogP contribution in [0, 0.1) is 11.6 Å². The summed E-state index contributed by atoms with van der Waals surface area (Å²) in [6.07, 6.45) is 13.3.